The summed E-state index contributed by atoms with van der Waals surface area (Å²) in [5.74, 6) is 7.26. The standard InChI is InChI=1S/C18H19ClO/c1-2-3-6-14-20-18-12-11-15-8-4-5-9-16(15)17(18)10-7-13-19/h4-5,8-9,11-12H,2-3,6,13-14H2,1H3. The molecule has 0 aliphatic rings. The summed E-state index contributed by atoms with van der Waals surface area (Å²) in [5, 5.41) is 2.30. The third-order valence-corrected chi connectivity index (χ3v) is 3.31. The van der Waals surface area contributed by atoms with E-state index in [0.29, 0.717) is 5.88 Å². The third-order valence-electron chi connectivity index (χ3n) is 3.18. The number of hydrogen-bond acceptors (Lipinski definition) is 1. The van der Waals surface area contributed by atoms with Crippen molar-refractivity contribution in [1.82, 2.24) is 0 Å². The maximum Gasteiger partial charge on any atom is 0.135 e. The third kappa shape index (κ3) is 3.68. The molecule has 1 nitrogen and oxygen atoms in total. The molecule has 2 aromatic rings. The molecule has 20 heavy (non-hydrogen) atoms. The van der Waals surface area contributed by atoms with Crippen LogP contribution in [-0.4, -0.2) is 12.5 Å². The first kappa shape index (κ1) is 14.8. The molecule has 0 amide bonds. The van der Waals surface area contributed by atoms with E-state index in [0.717, 1.165) is 29.7 Å². The molecule has 2 rings (SSSR count). The minimum atomic E-state index is 0.332. The lowest BCUT2D eigenvalue weighted by Gasteiger charge is -2.10. The van der Waals surface area contributed by atoms with E-state index in [-0.39, 0.29) is 0 Å². The fourth-order valence-electron chi connectivity index (χ4n) is 2.16. The second-order valence-electron chi connectivity index (χ2n) is 4.65. The molecule has 2 heteroatoms. The van der Waals surface area contributed by atoms with Gasteiger partial charge in [-0.2, -0.15) is 0 Å². The predicted octanol–water partition coefficient (Wildman–Crippen LogP) is 5.00. The van der Waals surface area contributed by atoms with Crippen LogP contribution in [0.2, 0.25) is 0 Å². The van der Waals surface area contributed by atoms with Gasteiger partial charge in [-0.25, -0.2) is 0 Å². The summed E-state index contributed by atoms with van der Waals surface area (Å²) in [6, 6.07) is 12.3. The van der Waals surface area contributed by atoms with Crippen LogP contribution in [0.3, 0.4) is 0 Å². The Balaban J connectivity index is 2.32. The Kier molecular flexibility index (Phi) is 5.77. The molecule has 2 aromatic carbocycles. The number of rotatable bonds is 5. The Labute approximate surface area is 125 Å². The van der Waals surface area contributed by atoms with E-state index in [1.54, 1.807) is 0 Å². The van der Waals surface area contributed by atoms with Gasteiger partial charge in [0.2, 0.25) is 0 Å². The van der Waals surface area contributed by atoms with Crippen LogP contribution in [0.5, 0.6) is 5.75 Å². The fraction of sp³-hybridized carbons (Fsp3) is 0.333. The zero-order valence-electron chi connectivity index (χ0n) is 11.8. The lowest BCUT2D eigenvalue weighted by Crippen LogP contribution is -1.99. The van der Waals surface area contributed by atoms with Crippen molar-refractivity contribution in [1.29, 1.82) is 0 Å². The number of benzene rings is 2. The number of ether oxygens (including phenoxy) is 1. The smallest absolute Gasteiger partial charge is 0.135 e. The summed E-state index contributed by atoms with van der Waals surface area (Å²) >= 11 is 5.69. The van der Waals surface area contributed by atoms with Crippen molar-refractivity contribution in [3.63, 3.8) is 0 Å². The number of unbranched alkanes of at least 4 members (excludes halogenated alkanes) is 2. The van der Waals surface area contributed by atoms with Gasteiger partial charge in [0.15, 0.2) is 0 Å². The van der Waals surface area contributed by atoms with Crippen molar-refractivity contribution in [2.75, 3.05) is 12.5 Å². The molecule has 0 spiro atoms. The number of alkyl halides is 1. The van der Waals surface area contributed by atoms with Gasteiger partial charge >= 0.3 is 0 Å². The van der Waals surface area contributed by atoms with E-state index in [1.807, 2.05) is 18.2 Å². The summed E-state index contributed by atoms with van der Waals surface area (Å²) < 4.78 is 5.90. The monoisotopic (exact) mass is 286 g/mol. The Bertz CT molecular complexity index is 622. The Morgan fingerprint density at radius 3 is 2.75 bits per heavy atom. The Hall–Kier alpha value is -1.65. The highest BCUT2D eigenvalue weighted by Crippen LogP contribution is 2.27. The van der Waals surface area contributed by atoms with E-state index in [1.165, 1.54) is 18.2 Å². The van der Waals surface area contributed by atoms with Crippen molar-refractivity contribution in [2.24, 2.45) is 0 Å². The van der Waals surface area contributed by atoms with Crippen LogP contribution in [0.1, 0.15) is 31.7 Å². The van der Waals surface area contributed by atoms with Gasteiger partial charge in [-0.05, 0) is 17.9 Å². The normalized spacial score (nSPS) is 10.1. The van der Waals surface area contributed by atoms with Crippen LogP contribution in [0.4, 0.5) is 0 Å². The van der Waals surface area contributed by atoms with Gasteiger partial charge in [-0.15, -0.1) is 11.6 Å². The molecule has 0 aromatic heterocycles. The van der Waals surface area contributed by atoms with Gasteiger partial charge in [-0.3, -0.25) is 0 Å². The molecule has 0 saturated carbocycles. The van der Waals surface area contributed by atoms with Gasteiger partial charge in [0, 0.05) is 5.39 Å². The number of fused-ring (bicyclic) bond motifs is 1. The second kappa shape index (κ2) is 7.82. The highest BCUT2D eigenvalue weighted by atomic mass is 35.5. The highest BCUT2D eigenvalue weighted by Gasteiger charge is 2.06. The number of halogens is 1. The molecule has 104 valence electrons. The van der Waals surface area contributed by atoms with Crippen molar-refractivity contribution >= 4 is 22.4 Å². The van der Waals surface area contributed by atoms with Crippen LogP contribution in [0.25, 0.3) is 10.8 Å². The average Bonchev–Trinajstić information content (AvgIpc) is 2.50. The zero-order valence-corrected chi connectivity index (χ0v) is 12.5. The molecule has 0 atom stereocenters. The summed E-state index contributed by atoms with van der Waals surface area (Å²) in [5.41, 5.74) is 0.945. The quantitative estimate of drug-likeness (QED) is 0.427. The van der Waals surface area contributed by atoms with Crippen LogP contribution >= 0.6 is 11.6 Å². The molecule has 0 N–H and O–H groups in total. The maximum absolute atomic E-state index is 5.90. The first-order valence-corrected chi connectivity index (χ1v) is 7.59. The van der Waals surface area contributed by atoms with Crippen LogP contribution in [-0.2, 0) is 0 Å². The SMILES string of the molecule is CCCCCOc1ccc2ccccc2c1C#CCCl. The molecule has 0 bridgehead atoms. The van der Waals surface area contributed by atoms with Crippen LogP contribution in [0, 0.1) is 11.8 Å². The van der Waals surface area contributed by atoms with E-state index >= 15 is 0 Å². The van der Waals surface area contributed by atoms with Gasteiger partial charge in [-0.1, -0.05) is 61.9 Å². The van der Waals surface area contributed by atoms with E-state index in [9.17, 15) is 0 Å². The summed E-state index contributed by atoms with van der Waals surface area (Å²) in [7, 11) is 0. The highest BCUT2D eigenvalue weighted by molar-refractivity contribution is 6.19. The average molecular weight is 287 g/mol. The topological polar surface area (TPSA) is 9.23 Å². The lowest BCUT2D eigenvalue weighted by atomic mass is 10.0. The molecule has 0 aliphatic carbocycles. The van der Waals surface area contributed by atoms with Crippen molar-refractivity contribution in [2.45, 2.75) is 26.2 Å². The molecule has 0 radical (unpaired) electrons. The zero-order chi connectivity index (χ0) is 14.2. The van der Waals surface area contributed by atoms with Crippen LogP contribution in [0.15, 0.2) is 36.4 Å². The Morgan fingerprint density at radius 1 is 1.10 bits per heavy atom. The number of hydrogen-bond donors (Lipinski definition) is 0. The van der Waals surface area contributed by atoms with Crippen molar-refractivity contribution < 1.29 is 4.74 Å². The molecule has 0 unspecified atom stereocenters. The minimum absolute atomic E-state index is 0.332. The maximum atomic E-state index is 5.90. The molecule has 0 aliphatic heterocycles. The summed E-state index contributed by atoms with van der Waals surface area (Å²) in [6.45, 7) is 2.93. The summed E-state index contributed by atoms with van der Waals surface area (Å²) in [4.78, 5) is 0. The van der Waals surface area contributed by atoms with Crippen LogP contribution < -0.4 is 4.74 Å². The lowest BCUT2D eigenvalue weighted by molar-refractivity contribution is 0.306. The van der Waals surface area contributed by atoms with E-state index in [4.69, 9.17) is 16.3 Å². The van der Waals surface area contributed by atoms with Gasteiger partial charge in [0.1, 0.15) is 5.75 Å². The predicted molar refractivity (Wildman–Crippen MR) is 86.6 cm³/mol. The fourth-order valence-corrected chi connectivity index (χ4v) is 2.22. The van der Waals surface area contributed by atoms with Gasteiger partial charge in [0.25, 0.3) is 0 Å². The molecular weight excluding hydrogens is 268 g/mol. The van der Waals surface area contributed by atoms with Gasteiger partial charge < -0.3 is 4.74 Å². The van der Waals surface area contributed by atoms with Crippen molar-refractivity contribution in [3.05, 3.63) is 42.0 Å². The first-order valence-electron chi connectivity index (χ1n) is 7.06. The van der Waals surface area contributed by atoms with E-state index < -0.39 is 0 Å². The second-order valence-corrected chi connectivity index (χ2v) is 4.92. The first-order chi connectivity index (χ1) is 9.86. The summed E-state index contributed by atoms with van der Waals surface area (Å²) in [6.07, 6.45) is 3.46. The largest absolute Gasteiger partial charge is 0.492 e. The molecular formula is C18H19ClO. The minimum Gasteiger partial charge on any atom is -0.492 e. The molecule has 0 heterocycles. The van der Waals surface area contributed by atoms with E-state index in [2.05, 4.69) is 37.0 Å². The van der Waals surface area contributed by atoms with Gasteiger partial charge in [0.05, 0.1) is 18.1 Å². The van der Waals surface area contributed by atoms with Crippen molar-refractivity contribution in [3.8, 4) is 17.6 Å². The molecule has 0 fully saturated rings. The Morgan fingerprint density at radius 2 is 1.95 bits per heavy atom. The molecule has 0 saturated heterocycles.